The average molecular weight is 391 g/mol. The fraction of sp³-hybridized carbons (Fsp3) is 0.438. The number of rotatable bonds is 4. The molecule has 0 radical (unpaired) electrons. The highest BCUT2D eigenvalue weighted by Gasteiger charge is 2.47. The summed E-state index contributed by atoms with van der Waals surface area (Å²) in [6, 6.07) is 4.36. The Kier molecular flexibility index (Phi) is 3.39. The largest absolute Gasteiger partial charge is 0.379 e. The zero-order valence-corrected chi connectivity index (χ0v) is 15.0. The highest BCUT2D eigenvalue weighted by atomic mass is 32.2. The quantitative estimate of drug-likeness (QED) is 0.583. The molecule has 3 N–H and O–H groups in total. The first-order chi connectivity index (χ1) is 12.8. The molecule has 5 rings (SSSR count). The van der Waals surface area contributed by atoms with Crippen LogP contribution in [0.25, 0.3) is 11.0 Å². The van der Waals surface area contributed by atoms with Crippen LogP contribution in [0, 0.1) is 0 Å². The maximum absolute atomic E-state index is 13.0. The molecule has 2 fully saturated rings. The lowest BCUT2D eigenvalue weighted by Gasteiger charge is -2.19. The molecule has 1 aliphatic heterocycles. The zero-order chi connectivity index (χ0) is 18.8. The van der Waals surface area contributed by atoms with Crippen molar-refractivity contribution in [3.8, 4) is 0 Å². The van der Waals surface area contributed by atoms with E-state index in [0.717, 1.165) is 12.8 Å². The maximum atomic E-state index is 13.0. The standard InChI is InChI=1S/C16H17N5O5S/c22-15-17-11-4-3-10(7-12(11)18-15)27(24,25)21-6-5-16(23,8-21)14-19-13(20-26-14)9-1-2-9/h3-4,7,9,23H,1-2,5-6,8H2,(H2,17,18,22)/t16-/m0/s1. The number of benzene rings is 1. The van der Waals surface area contributed by atoms with Gasteiger partial charge in [0, 0.05) is 18.9 Å². The van der Waals surface area contributed by atoms with Gasteiger partial charge in [0.15, 0.2) is 11.4 Å². The SMILES string of the molecule is O=c1[nH]c2ccc(S(=O)(=O)N3CC[C@@](O)(c4nc(C5CC5)no4)C3)cc2[nH]1. The molecule has 0 amide bonds. The lowest BCUT2D eigenvalue weighted by atomic mass is 10.0. The lowest BCUT2D eigenvalue weighted by Crippen LogP contribution is -2.34. The predicted molar refractivity (Wildman–Crippen MR) is 92.5 cm³/mol. The molecule has 1 saturated carbocycles. The molecule has 0 bridgehead atoms. The number of hydrogen-bond donors (Lipinski definition) is 3. The van der Waals surface area contributed by atoms with Crippen LogP contribution < -0.4 is 5.69 Å². The van der Waals surface area contributed by atoms with Gasteiger partial charge in [0.25, 0.3) is 5.89 Å². The Balaban J connectivity index is 1.43. The molecular weight excluding hydrogens is 374 g/mol. The second-order valence-electron chi connectivity index (χ2n) is 7.14. The van der Waals surface area contributed by atoms with E-state index in [4.69, 9.17) is 4.52 Å². The number of nitrogens with zero attached hydrogens (tertiary/aromatic N) is 3. The van der Waals surface area contributed by atoms with E-state index in [0.29, 0.717) is 16.9 Å². The highest BCUT2D eigenvalue weighted by molar-refractivity contribution is 7.89. The van der Waals surface area contributed by atoms with Gasteiger partial charge >= 0.3 is 5.69 Å². The summed E-state index contributed by atoms with van der Waals surface area (Å²) in [5.41, 5.74) is -0.977. The van der Waals surface area contributed by atoms with E-state index < -0.39 is 21.3 Å². The molecule has 2 aliphatic rings. The van der Waals surface area contributed by atoms with Crippen molar-refractivity contribution >= 4 is 21.1 Å². The highest BCUT2D eigenvalue weighted by Crippen LogP contribution is 2.40. The summed E-state index contributed by atoms with van der Waals surface area (Å²) in [7, 11) is -3.85. The molecule has 10 nitrogen and oxygen atoms in total. The minimum atomic E-state index is -3.85. The van der Waals surface area contributed by atoms with Gasteiger partial charge in [-0.2, -0.15) is 9.29 Å². The molecule has 142 valence electrons. The number of nitrogens with one attached hydrogen (secondary N) is 2. The van der Waals surface area contributed by atoms with Crippen molar-refractivity contribution in [1.29, 1.82) is 0 Å². The molecule has 2 aromatic heterocycles. The van der Waals surface area contributed by atoms with Gasteiger partial charge in [0.2, 0.25) is 10.0 Å². The molecule has 11 heteroatoms. The van der Waals surface area contributed by atoms with Crippen LogP contribution in [0.4, 0.5) is 0 Å². The minimum absolute atomic E-state index is 0.0405. The number of H-pyrrole nitrogens is 2. The summed E-state index contributed by atoms with van der Waals surface area (Å²) in [5, 5.41) is 14.8. The van der Waals surface area contributed by atoms with Gasteiger partial charge in [-0.15, -0.1) is 0 Å². The van der Waals surface area contributed by atoms with Gasteiger partial charge in [-0.25, -0.2) is 13.2 Å². The van der Waals surface area contributed by atoms with Crippen LogP contribution in [0.3, 0.4) is 0 Å². The fourth-order valence-electron chi connectivity index (χ4n) is 3.39. The number of hydrogen-bond acceptors (Lipinski definition) is 7. The third-order valence-electron chi connectivity index (χ3n) is 5.12. The van der Waals surface area contributed by atoms with E-state index in [2.05, 4.69) is 20.1 Å². The number of β-amino-alcohol motifs (C(OH)–C–C–N with tert-alkyl or cyclic N) is 1. The third kappa shape index (κ3) is 2.69. The number of aromatic amines is 2. The summed E-state index contributed by atoms with van der Waals surface area (Å²) < 4.78 is 32.3. The fourth-order valence-corrected chi connectivity index (χ4v) is 4.91. The van der Waals surface area contributed by atoms with Crippen molar-refractivity contribution in [2.45, 2.75) is 35.7 Å². The molecule has 1 aliphatic carbocycles. The predicted octanol–water partition coefficient (Wildman–Crippen LogP) is 0.399. The van der Waals surface area contributed by atoms with Crippen LogP contribution in [-0.2, 0) is 15.6 Å². The van der Waals surface area contributed by atoms with Crippen LogP contribution in [0.1, 0.15) is 36.9 Å². The van der Waals surface area contributed by atoms with Gasteiger partial charge in [-0.05, 0) is 31.0 Å². The maximum Gasteiger partial charge on any atom is 0.323 e. The third-order valence-corrected chi connectivity index (χ3v) is 6.96. The second kappa shape index (κ2) is 5.50. The summed E-state index contributed by atoms with van der Waals surface area (Å²) in [6.07, 6.45) is 2.17. The molecular formula is C16H17N5O5S. The van der Waals surface area contributed by atoms with E-state index in [1.54, 1.807) is 0 Å². The van der Waals surface area contributed by atoms with Crippen LogP contribution in [0.15, 0.2) is 32.4 Å². The van der Waals surface area contributed by atoms with Crippen molar-refractivity contribution in [2.75, 3.05) is 13.1 Å². The summed E-state index contributed by atoms with van der Waals surface area (Å²) in [6.45, 7) is -0.0367. The van der Waals surface area contributed by atoms with Crippen molar-refractivity contribution in [2.24, 2.45) is 0 Å². The smallest absolute Gasteiger partial charge is 0.323 e. The Morgan fingerprint density at radius 3 is 2.81 bits per heavy atom. The zero-order valence-electron chi connectivity index (χ0n) is 14.2. The number of aromatic nitrogens is 4. The molecule has 3 aromatic rings. The molecule has 1 aromatic carbocycles. The van der Waals surface area contributed by atoms with E-state index in [1.165, 1.54) is 22.5 Å². The van der Waals surface area contributed by atoms with Crippen molar-refractivity contribution in [1.82, 2.24) is 24.4 Å². The van der Waals surface area contributed by atoms with E-state index >= 15 is 0 Å². The van der Waals surface area contributed by atoms with Crippen LogP contribution in [0.2, 0.25) is 0 Å². The van der Waals surface area contributed by atoms with Crippen molar-refractivity contribution < 1.29 is 18.0 Å². The van der Waals surface area contributed by atoms with Gasteiger partial charge in [-0.3, -0.25) is 0 Å². The molecule has 1 saturated heterocycles. The Hall–Kier alpha value is -2.50. The summed E-state index contributed by atoms with van der Waals surface area (Å²) in [4.78, 5) is 20.8. The lowest BCUT2D eigenvalue weighted by molar-refractivity contribution is 0.0194. The van der Waals surface area contributed by atoms with E-state index in [-0.39, 0.29) is 36.2 Å². The first kappa shape index (κ1) is 16.7. The van der Waals surface area contributed by atoms with Gasteiger partial charge in [0.1, 0.15) is 0 Å². The van der Waals surface area contributed by atoms with E-state index in [1.807, 2.05) is 0 Å². The second-order valence-corrected chi connectivity index (χ2v) is 9.08. The topological polar surface area (TPSA) is 145 Å². The summed E-state index contributed by atoms with van der Waals surface area (Å²) >= 11 is 0. The molecule has 27 heavy (non-hydrogen) atoms. The number of imidazole rings is 1. The molecule has 1 atom stereocenters. The monoisotopic (exact) mass is 391 g/mol. The van der Waals surface area contributed by atoms with Gasteiger partial charge < -0.3 is 19.6 Å². The summed E-state index contributed by atoms with van der Waals surface area (Å²) in [5.74, 6) is 0.914. The Labute approximate surface area is 153 Å². The Morgan fingerprint density at radius 2 is 2.04 bits per heavy atom. The van der Waals surface area contributed by atoms with Gasteiger partial charge in [-0.1, -0.05) is 5.16 Å². The minimum Gasteiger partial charge on any atom is -0.379 e. The van der Waals surface area contributed by atoms with E-state index in [9.17, 15) is 18.3 Å². The van der Waals surface area contributed by atoms with Gasteiger partial charge in [0.05, 0.1) is 22.5 Å². The molecule has 0 unspecified atom stereocenters. The van der Waals surface area contributed by atoms with Crippen LogP contribution >= 0.6 is 0 Å². The van der Waals surface area contributed by atoms with Crippen molar-refractivity contribution in [3.05, 3.63) is 40.4 Å². The average Bonchev–Trinajstić information content (AvgIpc) is 3.05. The van der Waals surface area contributed by atoms with Crippen LogP contribution in [-0.4, -0.2) is 51.0 Å². The number of fused-ring (bicyclic) bond motifs is 1. The van der Waals surface area contributed by atoms with Crippen LogP contribution in [0.5, 0.6) is 0 Å². The molecule has 0 spiro atoms. The van der Waals surface area contributed by atoms with Crippen molar-refractivity contribution in [3.63, 3.8) is 0 Å². The first-order valence-corrected chi connectivity index (χ1v) is 10.1. The first-order valence-electron chi connectivity index (χ1n) is 8.64. The molecule has 3 heterocycles. The number of aliphatic hydroxyl groups is 1. The Bertz CT molecular complexity index is 1190. The Morgan fingerprint density at radius 1 is 1.26 bits per heavy atom. The normalized spacial score (nSPS) is 24.0. The number of sulfonamides is 1.